The second-order valence-electron chi connectivity index (χ2n) is 4.17. The maximum Gasteiger partial charge on any atom is 0.254 e. The van der Waals surface area contributed by atoms with Gasteiger partial charge in [0.15, 0.2) is 0 Å². The molecule has 0 spiro atoms. The molecule has 1 N–H and O–H groups in total. The van der Waals surface area contributed by atoms with Gasteiger partial charge in [-0.25, -0.2) is 0 Å². The molecule has 0 saturated carbocycles. The molecule has 1 heterocycles. The Labute approximate surface area is 96.5 Å². The smallest absolute Gasteiger partial charge is 0.254 e. The summed E-state index contributed by atoms with van der Waals surface area (Å²) in [5.41, 5.74) is 0.730. The van der Waals surface area contributed by atoms with Gasteiger partial charge in [-0.15, -0.1) is 0 Å². The summed E-state index contributed by atoms with van der Waals surface area (Å²) < 4.78 is 0. The molecule has 1 amide bonds. The van der Waals surface area contributed by atoms with E-state index in [-0.39, 0.29) is 12.1 Å². The first kappa shape index (κ1) is 11.1. The summed E-state index contributed by atoms with van der Waals surface area (Å²) in [5, 5.41) is 3.37. The molecule has 3 nitrogen and oxygen atoms in total. The largest absolute Gasteiger partial charge is 0.326 e. The summed E-state index contributed by atoms with van der Waals surface area (Å²) in [7, 11) is 1.86. The molecule has 1 fully saturated rings. The number of carbonyl (C=O) groups is 1. The van der Waals surface area contributed by atoms with Gasteiger partial charge in [-0.1, -0.05) is 12.1 Å². The average molecular weight is 217 g/mol. The van der Waals surface area contributed by atoms with Crippen LogP contribution < -0.4 is 5.32 Å². The van der Waals surface area contributed by atoms with Crippen LogP contribution in [0.4, 0.5) is 0 Å². The van der Waals surface area contributed by atoms with Crippen LogP contribution in [0.5, 0.6) is 0 Å². The molecule has 0 bridgehead atoms. The molecule has 1 aliphatic rings. The number of carbonyl (C=O) groups excluding carboxylic acids is 1. The predicted molar refractivity (Wildman–Crippen MR) is 63.0 cm³/mol. The molecule has 1 atom stereocenters. The van der Waals surface area contributed by atoms with Crippen molar-refractivity contribution in [2.45, 2.75) is 25.4 Å². The Balaban J connectivity index is 2.04. The second-order valence-corrected chi connectivity index (χ2v) is 4.17. The van der Waals surface area contributed by atoms with E-state index >= 15 is 0 Å². The van der Waals surface area contributed by atoms with Crippen molar-refractivity contribution in [1.29, 1.82) is 0 Å². The molecule has 1 radical (unpaired) electrons. The Morgan fingerprint density at radius 1 is 1.44 bits per heavy atom. The minimum absolute atomic E-state index is 0.0772. The summed E-state index contributed by atoms with van der Waals surface area (Å²) in [6.45, 7) is 1.00. The van der Waals surface area contributed by atoms with Crippen molar-refractivity contribution < 1.29 is 4.79 Å². The van der Waals surface area contributed by atoms with E-state index < -0.39 is 0 Å². The Morgan fingerprint density at radius 3 is 2.81 bits per heavy atom. The lowest BCUT2D eigenvalue weighted by atomic mass is 10.1. The monoisotopic (exact) mass is 217 g/mol. The Morgan fingerprint density at radius 2 is 2.19 bits per heavy atom. The first-order chi connectivity index (χ1) is 7.79. The fourth-order valence-electron chi connectivity index (χ4n) is 2.04. The second kappa shape index (κ2) is 5.12. The molecule has 1 unspecified atom stereocenters. The third kappa shape index (κ3) is 2.42. The van der Waals surface area contributed by atoms with Crippen LogP contribution >= 0.6 is 0 Å². The van der Waals surface area contributed by atoms with E-state index in [4.69, 9.17) is 0 Å². The quantitative estimate of drug-likeness (QED) is 0.817. The lowest BCUT2D eigenvalue weighted by Crippen LogP contribution is -2.48. The number of piperidine rings is 1. The molecule has 0 aliphatic carbocycles. The van der Waals surface area contributed by atoms with E-state index in [0.717, 1.165) is 18.5 Å². The van der Waals surface area contributed by atoms with Crippen LogP contribution in [-0.2, 0) is 0 Å². The van der Waals surface area contributed by atoms with Gasteiger partial charge in [-0.05, 0) is 44.0 Å². The molecule has 85 valence electrons. The van der Waals surface area contributed by atoms with E-state index in [2.05, 4.69) is 11.4 Å². The third-order valence-corrected chi connectivity index (χ3v) is 3.04. The highest BCUT2D eigenvalue weighted by Crippen LogP contribution is 2.12. The van der Waals surface area contributed by atoms with Crippen LogP contribution in [0, 0.1) is 6.07 Å². The average Bonchev–Trinajstić information content (AvgIpc) is 2.39. The van der Waals surface area contributed by atoms with Gasteiger partial charge in [0.25, 0.3) is 5.91 Å². The molecular formula is C13H17N2O. The number of hydrogen-bond acceptors (Lipinski definition) is 2. The van der Waals surface area contributed by atoms with Crippen molar-refractivity contribution in [2.75, 3.05) is 13.6 Å². The topological polar surface area (TPSA) is 32.3 Å². The van der Waals surface area contributed by atoms with Gasteiger partial charge in [0.1, 0.15) is 0 Å². The third-order valence-electron chi connectivity index (χ3n) is 3.04. The van der Waals surface area contributed by atoms with Crippen LogP contribution in [-0.4, -0.2) is 30.6 Å². The van der Waals surface area contributed by atoms with Crippen molar-refractivity contribution in [3.8, 4) is 0 Å². The van der Waals surface area contributed by atoms with Crippen molar-refractivity contribution in [3.05, 3.63) is 35.9 Å². The number of benzene rings is 1. The minimum Gasteiger partial charge on any atom is -0.326 e. The first-order valence-corrected chi connectivity index (χ1v) is 5.75. The van der Waals surface area contributed by atoms with Gasteiger partial charge in [-0.3, -0.25) is 10.1 Å². The molecule has 1 saturated heterocycles. The van der Waals surface area contributed by atoms with Crippen molar-refractivity contribution >= 4 is 5.91 Å². The van der Waals surface area contributed by atoms with Crippen molar-refractivity contribution in [2.24, 2.45) is 0 Å². The van der Waals surface area contributed by atoms with Crippen molar-refractivity contribution in [3.63, 3.8) is 0 Å². The molecule has 2 rings (SSSR count). The highest BCUT2D eigenvalue weighted by Gasteiger charge is 2.22. The number of nitrogens with one attached hydrogen (secondary N) is 1. The molecule has 0 aromatic heterocycles. The Hall–Kier alpha value is -1.35. The van der Waals surface area contributed by atoms with E-state index in [1.165, 1.54) is 12.8 Å². The van der Waals surface area contributed by atoms with Gasteiger partial charge in [0.05, 0.1) is 6.17 Å². The van der Waals surface area contributed by atoms with Crippen LogP contribution in [0.1, 0.15) is 29.6 Å². The fraction of sp³-hybridized carbons (Fsp3) is 0.462. The van der Waals surface area contributed by atoms with Gasteiger partial charge >= 0.3 is 0 Å². The lowest BCUT2D eigenvalue weighted by molar-refractivity contribution is 0.0670. The summed E-state index contributed by atoms with van der Waals surface area (Å²) in [6.07, 6.45) is 3.63. The zero-order valence-corrected chi connectivity index (χ0v) is 9.57. The van der Waals surface area contributed by atoms with Gasteiger partial charge in [-0.2, -0.15) is 0 Å². The zero-order valence-electron chi connectivity index (χ0n) is 9.57. The summed E-state index contributed by atoms with van der Waals surface area (Å²) in [6, 6.07) is 10.1. The normalized spacial score (nSPS) is 20.4. The van der Waals surface area contributed by atoms with E-state index in [9.17, 15) is 4.79 Å². The number of amides is 1. The Bertz CT molecular complexity index is 344. The molecule has 1 aromatic carbocycles. The number of rotatable bonds is 2. The highest BCUT2D eigenvalue weighted by atomic mass is 16.2. The van der Waals surface area contributed by atoms with Gasteiger partial charge < -0.3 is 4.90 Å². The predicted octanol–water partition coefficient (Wildman–Crippen LogP) is 1.66. The highest BCUT2D eigenvalue weighted by molar-refractivity contribution is 5.94. The van der Waals surface area contributed by atoms with Crippen LogP contribution in [0.25, 0.3) is 0 Å². The van der Waals surface area contributed by atoms with Crippen LogP contribution in [0.15, 0.2) is 24.3 Å². The minimum atomic E-state index is 0.0772. The Kier molecular flexibility index (Phi) is 3.57. The van der Waals surface area contributed by atoms with E-state index in [0.29, 0.717) is 0 Å². The van der Waals surface area contributed by atoms with Crippen LogP contribution in [0.3, 0.4) is 0 Å². The first-order valence-electron chi connectivity index (χ1n) is 5.75. The summed E-state index contributed by atoms with van der Waals surface area (Å²) in [4.78, 5) is 13.9. The maximum atomic E-state index is 12.1. The van der Waals surface area contributed by atoms with E-state index in [1.807, 2.05) is 19.2 Å². The fourth-order valence-corrected chi connectivity index (χ4v) is 2.04. The summed E-state index contributed by atoms with van der Waals surface area (Å²) in [5.74, 6) is 0.0772. The molecule has 16 heavy (non-hydrogen) atoms. The number of nitrogens with zero attached hydrogens (tertiary/aromatic N) is 1. The van der Waals surface area contributed by atoms with E-state index in [1.54, 1.807) is 17.0 Å². The molecule has 1 aromatic rings. The van der Waals surface area contributed by atoms with Crippen LogP contribution in [0.2, 0.25) is 0 Å². The lowest BCUT2D eigenvalue weighted by Gasteiger charge is -2.32. The zero-order chi connectivity index (χ0) is 11.4. The van der Waals surface area contributed by atoms with Gasteiger partial charge in [0, 0.05) is 12.6 Å². The summed E-state index contributed by atoms with van der Waals surface area (Å²) >= 11 is 0. The van der Waals surface area contributed by atoms with Crippen molar-refractivity contribution in [1.82, 2.24) is 10.2 Å². The van der Waals surface area contributed by atoms with Gasteiger partial charge in [0.2, 0.25) is 0 Å². The molecule has 1 aliphatic heterocycles. The maximum absolute atomic E-state index is 12.1. The molecule has 3 heteroatoms. The number of hydrogen-bond donors (Lipinski definition) is 1. The SMILES string of the molecule is CN(C(=O)c1cc[c]cc1)C1CCCCN1. The molecular weight excluding hydrogens is 200 g/mol. The standard InChI is InChI=1S/C13H17N2O/c1-15(12-9-5-6-10-14-12)13(16)11-7-3-2-4-8-11/h3-4,7-8,12,14H,5-6,9-10H2,1H3.